The lowest BCUT2D eigenvalue weighted by atomic mass is 10.1. The van der Waals surface area contributed by atoms with Gasteiger partial charge in [-0.2, -0.15) is 0 Å². The number of hydrogen-bond acceptors (Lipinski definition) is 2. The molecular weight excluding hydrogens is 109 g/mol. The molecule has 0 radical (unpaired) electrons. The van der Waals surface area contributed by atoms with E-state index in [0.717, 1.165) is 12.8 Å². The summed E-state index contributed by atoms with van der Waals surface area (Å²) in [4.78, 5) is 0. The summed E-state index contributed by atoms with van der Waals surface area (Å²) in [7, 11) is 0. The molecule has 1 N–H and O–H groups in total. The van der Waals surface area contributed by atoms with Gasteiger partial charge in [0.15, 0.2) is 0 Å². The van der Waals surface area contributed by atoms with Gasteiger partial charge in [0.1, 0.15) is 6.23 Å². The van der Waals surface area contributed by atoms with Crippen molar-refractivity contribution in [2.24, 2.45) is 0 Å². The first-order valence-corrected chi connectivity index (χ1v) is 2.91. The van der Waals surface area contributed by atoms with Gasteiger partial charge in [-0.25, -0.2) is 0 Å². The van der Waals surface area contributed by atoms with Crippen molar-refractivity contribution in [1.82, 2.24) is 5.12 Å². The molecule has 0 aliphatic carbocycles. The Balaban J connectivity index is 2.28. The second kappa shape index (κ2) is 2.42. The molecule has 0 saturated carbocycles. The maximum Gasteiger partial charge on any atom is 0.134 e. The van der Waals surface area contributed by atoms with Crippen LogP contribution in [0.25, 0.3) is 0 Å². The molecule has 0 amide bonds. The van der Waals surface area contributed by atoms with Gasteiger partial charge in [-0.15, -0.1) is 9.60 Å². The molecule has 2 nitrogen and oxygen atoms in total. The number of halogens is 1. The van der Waals surface area contributed by atoms with E-state index in [0.29, 0.717) is 18.1 Å². The molecule has 1 aliphatic heterocycles. The highest BCUT2D eigenvalue weighted by Crippen LogP contribution is 2.13. The van der Waals surface area contributed by atoms with Crippen molar-refractivity contribution in [3.05, 3.63) is 0 Å². The smallest absolute Gasteiger partial charge is 0.134 e. The summed E-state index contributed by atoms with van der Waals surface area (Å²) in [6.45, 7) is 0.390. The Hall–Kier alpha value is -0.150. The van der Waals surface area contributed by atoms with Crippen LogP contribution in [0.4, 0.5) is 4.48 Å². The summed E-state index contributed by atoms with van der Waals surface area (Å²) >= 11 is 0. The molecular formula is C5H10FNO. The molecule has 0 spiro atoms. The van der Waals surface area contributed by atoms with Crippen LogP contribution in [0.3, 0.4) is 0 Å². The van der Waals surface area contributed by atoms with Crippen molar-refractivity contribution in [2.75, 3.05) is 6.54 Å². The lowest BCUT2D eigenvalue weighted by Gasteiger charge is -2.22. The molecule has 3 heteroatoms. The van der Waals surface area contributed by atoms with E-state index in [1.165, 1.54) is 0 Å². The number of piperidine rings is 1. The van der Waals surface area contributed by atoms with Crippen LogP contribution in [0.2, 0.25) is 0 Å². The number of rotatable bonds is 0. The lowest BCUT2D eigenvalue weighted by Crippen LogP contribution is -2.32. The molecule has 1 fully saturated rings. The van der Waals surface area contributed by atoms with Gasteiger partial charge >= 0.3 is 0 Å². The van der Waals surface area contributed by atoms with Crippen molar-refractivity contribution < 1.29 is 9.59 Å². The first-order valence-electron chi connectivity index (χ1n) is 2.91. The van der Waals surface area contributed by atoms with Gasteiger partial charge in [0.2, 0.25) is 0 Å². The Bertz CT molecular complexity index is 68.8. The number of aliphatic hydroxyl groups excluding tert-OH is 1. The molecule has 1 unspecified atom stereocenters. The van der Waals surface area contributed by atoms with Gasteiger partial charge in [0.25, 0.3) is 0 Å². The van der Waals surface area contributed by atoms with E-state index in [2.05, 4.69) is 0 Å². The monoisotopic (exact) mass is 119 g/mol. The van der Waals surface area contributed by atoms with Crippen LogP contribution in [0.15, 0.2) is 0 Å². The summed E-state index contributed by atoms with van der Waals surface area (Å²) in [6.07, 6.45) is 1.56. The summed E-state index contributed by atoms with van der Waals surface area (Å²) in [5.41, 5.74) is 0. The van der Waals surface area contributed by atoms with Crippen LogP contribution in [0.1, 0.15) is 19.3 Å². The van der Waals surface area contributed by atoms with Crippen LogP contribution in [-0.2, 0) is 0 Å². The van der Waals surface area contributed by atoms with Crippen molar-refractivity contribution in [2.45, 2.75) is 25.5 Å². The second-order valence-corrected chi connectivity index (χ2v) is 2.10. The summed E-state index contributed by atoms with van der Waals surface area (Å²) < 4.78 is 12.2. The zero-order chi connectivity index (χ0) is 5.98. The van der Waals surface area contributed by atoms with Gasteiger partial charge in [-0.1, -0.05) is 0 Å². The lowest BCUT2D eigenvalue weighted by molar-refractivity contribution is -0.140. The molecule has 0 aromatic carbocycles. The predicted octanol–water partition coefficient (Wildman–Crippen LogP) is 0.675. The van der Waals surface area contributed by atoms with Gasteiger partial charge in [0, 0.05) is 6.54 Å². The summed E-state index contributed by atoms with van der Waals surface area (Å²) in [6, 6.07) is 0. The third-order valence-corrected chi connectivity index (χ3v) is 1.41. The van der Waals surface area contributed by atoms with E-state index in [1.807, 2.05) is 0 Å². The van der Waals surface area contributed by atoms with Crippen molar-refractivity contribution in [3.8, 4) is 0 Å². The quantitative estimate of drug-likeness (QED) is 0.474. The Morgan fingerprint density at radius 1 is 1.50 bits per heavy atom. The third kappa shape index (κ3) is 1.17. The first-order chi connectivity index (χ1) is 3.80. The normalized spacial score (nSPS) is 33.0. The van der Waals surface area contributed by atoms with Crippen LogP contribution in [-0.4, -0.2) is 23.0 Å². The topological polar surface area (TPSA) is 23.5 Å². The molecule has 1 atom stereocenters. The highest BCUT2D eigenvalue weighted by atomic mass is 19.2. The van der Waals surface area contributed by atoms with Crippen LogP contribution in [0, 0.1) is 0 Å². The van der Waals surface area contributed by atoms with Crippen molar-refractivity contribution >= 4 is 0 Å². The van der Waals surface area contributed by atoms with Crippen LogP contribution >= 0.6 is 0 Å². The molecule has 1 aliphatic rings. The van der Waals surface area contributed by atoms with E-state index in [9.17, 15) is 4.48 Å². The Labute approximate surface area is 47.8 Å². The zero-order valence-corrected chi connectivity index (χ0v) is 4.68. The molecule has 1 rings (SSSR count). The number of nitrogens with zero attached hydrogens (tertiary/aromatic N) is 1. The van der Waals surface area contributed by atoms with Gasteiger partial charge in [-0.05, 0) is 19.3 Å². The number of aliphatic hydroxyl groups is 1. The summed E-state index contributed by atoms with van der Waals surface area (Å²) in [5.74, 6) is 0. The first kappa shape index (κ1) is 5.98. The van der Waals surface area contributed by atoms with Gasteiger partial charge in [-0.3, -0.25) is 0 Å². The molecule has 0 aromatic rings. The van der Waals surface area contributed by atoms with E-state index >= 15 is 0 Å². The van der Waals surface area contributed by atoms with Crippen molar-refractivity contribution in [1.29, 1.82) is 0 Å². The van der Waals surface area contributed by atoms with Gasteiger partial charge < -0.3 is 5.11 Å². The average molecular weight is 119 g/mol. The molecule has 0 aromatic heterocycles. The fourth-order valence-electron chi connectivity index (χ4n) is 0.879. The molecule has 1 saturated heterocycles. The molecule has 1 heterocycles. The van der Waals surface area contributed by atoms with E-state index < -0.39 is 6.23 Å². The second-order valence-electron chi connectivity index (χ2n) is 2.10. The Morgan fingerprint density at radius 3 is 2.62 bits per heavy atom. The SMILES string of the molecule is OC1CCCCN1F. The maximum atomic E-state index is 12.2. The Kier molecular flexibility index (Phi) is 1.81. The van der Waals surface area contributed by atoms with Crippen molar-refractivity contribution in [3.63, 3.8) is 0 Å². The molecule has 0 bridgehead atoms. The zero-order valence-electron chi connectivity index (χ0n) is 4.68. The largest absolute Gasteiger partial charge is 0.376 e. The number of hydrogen-bond donors (Lipinski definition) is 1. The highest BCUT2D eigenvalue weighted by molar-refractivity contribution is 4.59. The minimum atomic E-state index is -0.830. The molecule has 8 heavy (non-hydrogen) atoms. The van der Waals surface area contributed by atoms with Crippen LogP contribution < -0.4 is 0 Å². The third-order valence-electron chi connectivity index (χ3n) is 1.41. The van der Waals surface area contributed by atoms with E-state index in [1.54, 1.807) is 0 Å². The Morgan fingerprint density at radius 2 is 2.25 bits per heavy atom. The minimum Gasteiger partial charge on any atom is -0.376 e. The standard InChI is InChI=1S/C5H10FNO/c6-7-4-2-1-3-5(7)8/h5,8H,1-4H2. The fourth-order valence-corrected chi connectivity index (χ4v) is 0.879. The highest BCUT2D eigenvalue weighted by Gasteiger charge is 2.18. The van der Waals surface area contributed by atoms with E-state index in [-0.39, 0.29) is 0 Å². The van der Waals surface area contributed by atoms with E-state index in [4.69, 9.17) is 5.11 Å². The molecule has 48 valence electrons. The minimum absolute atomic E-state index is 0.390. The predicted molar refractivity (Wildman–Crippen MR) is 27.7 cm³/mol. The van der Waals surface area contributed by atoms with Gasteiger partial charge in [0.05, 0.1) is 0 Å². The summed E-state index contributed by atoms with van der Waals surface area (Å²) in [5, 5.41) is 9.22. The maximum absolute atomic E-state index is 12.2. The fraction of sp³-hybridized carbons (Fsp3) is 1.00. The van der Waals surface area contributed by atoms with Crippen LogP contribution in [0.5, 0.6) is 0 Å². The average Bonchev–Trinajstić information content (AvgIpc) is 1.77.